The van der Waals surface area contributed by atoms with E-state index in [1.807, 2.05) is 0 Å². The zero-order valence-electron chi connectivity index (χ0n) is 9.78. The third kappa shape index (κ3) is 3.30. The molecular formula is C11H13N5O2. The number of nitrogens with one attached hydrogen (secondary N) is 1. The summed E-state index contributed by atoms with van der Waals surface area (Å²) in [6.45, 7) is 0. The number of hydrogen-bond acceptors (Lipinski definition) is 6. The maximum absolute atomic E-state index is 11.6. The lowest BCUT2D eigenvalue weighted by atomic mass is 10.3. The van der Waals surface area contributed by atoms with Gasteiger partial charge in [-0.3, -0.25) is 20.9 Å². The average molecular weight is 247 g/mol. The van der Waals surface area contributed by atoms with Crippen LogP contribution < -0.4 is 16.8 Å². The van der Waals surface area contributed by atoms with Crippen LogP contribution in [0.5, 0.6) is 0 Å². The molecule has 0 saturated carbocycles. The van der Waals surface area contributed by atoms with Crippen molar-refractivity contribution in [3.63, 3.8) is 0 Å². The Labute approximate surface area is 103 Å². The van der Waals surface area contributed by atoms with Gasteiger partial charge < -0.3 is 0 Å². The number of nitrogens with zero attached hydrogens (tertiary/aromatic N) is 3. The highest BCUT2D eigenvalue weighted by Gasteiger charge is 2.04. The van der Waals surface area contributed by atoms with E-state index < -0.39 is 5.56 Å². The first-order valence-corrected chi connectivity index (χ1v) is 5.07. The Morgan fingerprint density at radius 2 is 2.06 bits per heavy atom. The van der Waals surface area contributed by atoms with E-state index in [1.54, 1.807) is 31.4 Å². The van der Waals surface area contributed by atoms with Gasteiger partial charge in [0.05, 0.1) is 5.56 Å². The molecule has 0 radical (unpaired) electrons. The molecule has 0 aliphatic carbocycles. The minimum absolute atomic E-state index is 0.0654. The first-order chi connectivity index (χ1) is 8.74. The van der Waals surface area contributed by atoms with Gasteiger partial charge in [-0.2, -0.15) is 9.78 Å². The lowest BCUT2D eigenvalue weighted by molar-refractivity contribution is 0.112. The number of nitrogens with two attached hydrogens (primary N) is 1. The molecule has 0 amide bonds. The van der Waals surface area contributed by atoms with E-state index >= 15 is 0 Å². The molecule has 2 rings (SSSR count). The molecule has 7 nitrogen and oxygen atoms in total. The highest BCUT2D eigenvalue weighted by molar-refractivity contribution is 5.73. The molecule has 0 fully saturated rings. The number of pyridine rings is 1. The molecule has 0 unspecified atom stereocenters. The second-order valence-corrected chi connectivity index (χ2v) is 3.10. The molecule has 0 aromatic carbocycles. The number of hydrogen-bond donors (Lipinski definition) is 2. The molecule has 0 aliphatic rings. The van der Waals surface area contributed by atoms with Gasteiger partial charge in [-0.1, -0.05) is 6.07 Å². The predicted molar refractivity (Wildman–Crippen MR) is 66.3 cm³/mol. The van der Waals surface area contributed by atoms with Crippen molar-refractivity contribution < 1.29 is 4.79 Å². The van der Waals surface area contributed by atoms with Gasteiger partial charge in [0.1, 0.15) is 0 Å². The molecule has 7 heteroatoms. The normalized spacial score (nSPS) is 9.22. The summed E-state index contributed by atoms with van der Waals surface area (Å²) < 4.78 is 1.09. The topological polar surface area (TPSA) is 103 Å². The van der Waals surface area contributed by atoms with Crippen LogP contribution in [-0.4, -0.2) is 28.1 Å². The van der Waals surface area contributed by atoms with E-state index in [0.717, 1.165) is 4.68 Å². The van der Waals surface area contributed by atoms with Crippen LogP contribution in [0.3, 0.4) is 0 Å². The standard InChI is InChI=1S/C10H7N3O2.CH6N2/c14-7-8-4-6-12-13(10(8)15)9-3-1-2-5-11-9;1-3-2/h1-7H;3H,2H2,1H3. The van der Waals surface area contributed by atoms with Crippen LogP contribution in [0.25, 0.3) is 5.82 Å². The van der Waals surface area contributed by atoms with E-state index in [2.05, 4.69) is 21.4 Å². The predicted octanol–water partition coefficient (Wildman–Crippen LogP) is -0.481. The van der Waals surface area contributed by atoms with E-state index in [1.165, 1.54) is 12.3 Å². The number of carbonyl (C=O) groups excluding carboxylic acids is 1. The average Bonchev–Trinajstić information content (AvgIpc) is 2.41. The Morgan fingerprint density at radius 3 is 2.61 bits per heavy atom. The van der Waals surface area contributed by atoms with E-state index in [-0.39, 0.29) is 5.56 Å². The van der Waals surface area contributed by atoms with Crippen LogP contribution in [0.2, 0.25) is 0 Å². The van der Waals surface area contributed by atoms with Crippen LogP contribution in [0.15, 0.2) is 41.5 Å². The fraction of sp³-hybridized carbons (Fsp3) is 0.0909. The van der Waals surface area contributed by atoms with Crippen molar-refractivity contribution in [1.29, 1.82) is 0 Å². The van der Waals surface area contributed by atoms with Crippen molar-refractivity contribution in [2.75, 3.05) is 7.05 Å². The molecular weight excluding hydrogens is 234 g/mol. The number of aromatic nitrogens is 3. The molecule has 2 aromatic rings. The van der Waals surface area contributed by atoms with Crippen LogP contribution in [0.4, 0.5) is 0 Å². The second-order valence-electron chi connectivity index (χ2n) is 3.10. The zero-order valence-corrected chi connectivity index (χ0v) is 9.78. The summed E-state index contributed by atoms with van der Waals surface area (Å²) in [5, 5.41) is 3.84. The number of hydrazine groups is 1. The van der Waals surface area contributed by atoms with Crippen LogP contribution in [0, 0.1) is 0 Å². The van der Waals surface area contributed by atoms with Gasteiger partial charge in [-0.25, -0.2) is 4.98 Å². The van der Waals surface area contributed by atoms with E-state index in [9.17, 15) is 9.59 Å². The lowest BCUT2D eigenvalue weighted by Crippen LogP contribution is -2.24. The Kier molecular flexibility index (Phi) is 5.36. The number of carbonyl (C=O) groups is 1. The Morgan fingerprint density at radius 1 is 1.33 bits per heavy atom. The molecule has 0 spiro atoms. The van der Waals surface area contributed by atoms with Gasteiger partial charge in [0.15, 0.2) is 12.1 Å². The summed E-state index contributed by atoms with van der Waals surface area (Å²) in [6.07, 6.45) is 3.44. The third-order valence-electron chi connectivity index (χ3n) is 1.87. The molecule has 2 heterocycles. The number of aldehydes is 1. The summed E-state index contributed by atoms with van der Waals surface area (Å²) in [6, 6.07) is 6.49. The van der Waals surface area contributed by atoms with E-state index in [4.69, 9.17) is 0 Å². The van der Waals surface area contributed by atoms with Gasteiger partial charge in [0.2, 0.25) is 0 Å². The van der Waals surface area contributed by atoms with Crippen molar-refractivity contribution in [1.82, 2.24) is 20.2 Å². The van der Waals surface area contributed by atoms with Crippen LogP contribution in [-0.2, 0) is 0 Å². The molecule has 3 N–H and O–H groups in total. The smallest absolute Gasteiger partial charge is 0.283 e. The van der Waals surface area contributed by atoms with Crippen molar-refractivity contribution in [2.45, 2.75) is 0 Å². The highest BCUT2D eigenvalue weighted by Crippen LogP contribution is 1.96. The van der Waals surface area contributed by atoms with E-state index in [0.29, 0.717) is 12.1 Å². The summed E-state index contributed by atoms with van der Waals surface area (Å²) in [4.78, 5) is 26.1. The fourth-order valence-corrected chi connectivity index (χ4v) is 1.16. The maximum Gasteiger partial charge on any atom is 0.283 e. The minimum atomic E-state index is -0.466. The van der Waals surface area contributed by atoms with Crippen LogP contribution in [0.1, 0.15) is 10.4 Å². The summed E-state index contributed by atoms with van der Waals surface area (Å²) in [5.74, 6) is 4.99. The van der Waals surface area contributed by atoms with Gasteiger partial charge in [-0.05, 0) is 25.2 Å². The van der Waals surface area contributed by atoms with Gasteiger partial charge in [-0.15, -0.1) is 0 Å². The van der Waals surface area contributed by atoms with Crippen molar-refractivity contribution >= 4 is 6.29 Å². The molecule has 94 valence electrons. The maximum atomic E-state index is 11.6. The SMILES string of the molecule is CNN.O=Cc1ccnn(-c2ccccn2)c1=O. The molecule has 0 bridgehead atoms. The Balaban J connectivity index is 0.000000492. The molecule has 0 saturated heterocycles. The summed E-state index contributed by atoms with van der Waals surface area (Å²) >= 11 is 0. The molecule has 2 aromatic heterocycles. The van der Waals surface area contributed by atoms with Gasteiger partial charge >= 0.3 is 0 Å². The Hall–Kier alpha value is -2.38. The van der Waals surface area contributed by atoms with Crippen LogP contribution >= 0.6 is 0 Å². The lowest BCUT2D eigenvalue weighted by Gasteiger charge is -2.01. The highest BCUT2D eigenvalue weighted by atomic mass is 16.1. The quantitative estimate of drug-likeness (QED) is 0.422. The molecule has 0 atom stereocenters. The van der Waals surface area contributed by atoms with Gasteiger partial charge in [0, 0.05) is 12.4 Å². The fourth-order valence-electron chi connectivity index (χ4n) is 1.16. The third-order valence-corrected chi connectivity index (χ3v) is 1.87. The molecule has 0 aliphatic heterocycles. The largest absolute Gasteiger partial charge is 0.298 e. The molecule has 18 heavy (non-hydrogen) atoms. The minimum Gasteiger partial charge on any atom is -0.298 e. The first kappa shape index (κ1) is 13.7. The Bertz CT molecular complexity index is 553. The van der Waals surface area contributed by atoms with Gasteiger partial charge in [0.25, 0.3) is 5.56 Å². The summed E-state index contributed by atoms with van der Waals surface area (Å²) in [7, 11) is 1.65. The van der Waals surface area contributed by atoms with Crippen molar-refractivity contribution in [2.24, 2.45) is 5.84 Å². The van der Waals surface area contributed by atoms with Crippen molar-refractivity contribution in [3.05, 3.63) is 52.6 Å². The second kappa shape index (κ2) is 7.05. The number of rotatable bonds is 2. The zero-order chi connectivity index (χ0) is 13.4. The monoisotopic (exact) mass is 247 g/mol. The first-order valence-electron chi connectivity index (χ1n) is 5.07. The van der Waals surface area contributed by atoms with Crippen molar-refractivity contribution in [3.8, 4) is 5.82 Å². The summed E-state index contributed by atoms with van der Waals surface area (Å²) in [5.41, 5.74) is 1.85.